The van der Waals surface area contributed by atoms with Crippen LogP contribution >= 0.6 is 7.60 Å². The highest BCUT2D eigenvalue weighted by molar-refractivity contribution is 7.54. The van der Waals surface area contributed by atoms with E-state index in [1.165, 1.54) is 21.1 Å². The van der Waals surface area contributed by atoms with Gasteiger partial charge in [-0.1, -0.05) is 24.3 Å². The molecule has 1 rings (SSSR count). The third kappa shape index (κ3) is 3.19. The predicted molar refractivity (Wildman–Crippen MR) is 67.3 cm³/mol. The van der Waals surface area contributed by atoms with Crippen molar-refractivity contribution in [1.29, 1.82) is 0 Å². The lowest BCUT2D eigenvalue weighted by Crippen LogP contribution is -2.12. The van der Waals surface area contributed by atoms with Crippen molar-refractivity contribution in [3.63, 3.8) is 0 Å². The zero-order valence-corrected chi connectivity index (χ0v) is 11.8. The van der Waals surface area contributed by atoms with Crippen LogP contribution in [0.1, 0.15) is 23.9 Å². The largest absolute Gasteiger partial charge is 0.445 e. The van der Waals surface area contributed by atoms with Crippen LogP contribution in [0.5, 0.6) is 0 Å². The lowest BCUT2D eigenvalue weighted by atomic mass is 10.1. The Morgan fingerprint density at radius 3 is 2.22 bits per heavy atom. The lowest BCUT2D eigenvalue weighted by molar-refractivity contribution is -0.143. The Hall–Kier alpha value is -1.16. The fraction of sp³-hybridized carbons (Fsp3) is 0.417. The van der Waals surface area contributed by atoms with E-state index < -0.39 is 19.4 Å². The molecule has 0 N–H and O–H groups in total. The molecule has 0 saturated heterocycles. The number of carbonyl (C=O) groups excluding carboxylic acids is 1. The van der Waals surface area contributed by atoms with Crippen molar-refractivity contribution in [2.45, 2.75) is 19.7 Å². The van der Waals surface area contributed by atoms with Gasteiger partial charge in [-0.05, 0) is 12.5 Å². The van der Waals surface area contributed by atoms with Crippen LogP contribution in [0.15, 0.2) is 24.3 Å². The molecule has 0 saturated carbocycles. The molecule has 0 unspecified atom stereocenters. The molecule has 18 heavy (non-hydrogen) atoms. The molecule has 6 heteroatoms. The van der Waals surface area contributed by atoms with E-state index in [0.717, 1.165) is 5.56 Å². The fourth-order valence-electron chi connectivity index (χ4n) is 1.59. The van der Waals surface area contributed by atoms with E-state index >= 15 is 0 Å². The number of carbonyl (C=O) groups is 1. The molecule has 100 valence electrons. The van der Waals surface area contributed by atoms with Gasteiger partial charge in [0.15, 0.2) is 0 Å². The van der Waals surface area contributed by atoms with E-state index in [2.05, 4.69) is 0 Å². The molecular weight excluding hydrogens is 255 g/mol. The normalized spacial score (nSPS) is 13.1. The van der Waals surface area contributed by atoms with Crippen LogP contribution in [-0.2, 0) is 23.1 Å². The van der Waals surface area contributed by atoms with Gasteiger partial charge < -0.3 is 13.8 Å². The number of rotatable bonds is 5. The topological polar surface area (TPSA) is 61.8 Å². The van der Waals surface area contributed by atoms with Gasteiger partial charge in [0.2, 0.25) is 5.85 Å². The van der Waals surface area contributed by atoms with Gasteiger partial charge >= 0.3 is 13.6 Å². The van der Waals surface area contributed by atoms with Crippen molar-refractivity contribution in [1.82, 2.24) is 0 Å². The molecule has 1 aromatic rings. The van der Waals surface area contributed by atoms with Crippen LogP contribution in [0.25, 0.3) is 0 Å². The molecular formula is C12H17O5P. The fourth-order valence-corrected chi connectivity index (χ4v) is 3.03. The summed E-state index contributed by atoms with van der Waals surface area (Å²) in [6.07, 6.45) is 0. The van der Waals surface area contributed by atoms with Crippen LogP contribution in [0.4, 0.5) is 0 Å². The molecule has 0 aliphatic rings. The van der Waals surface area contributed by atoms with Gasteiger partial charge in [0, 0.05) is 26.7 Å². The number of benzene rings is 1. The SMILES string of the molecule is COP(=O)(OC)[C@@H](OC(C)=O)c1ccccc1C. The third-order valence-corrected chi connectivity index (χ3v) is 4.50. The van der Waals surface area contributed by atoms with Crippen LogP contribution in [0.2, 0.25) is 0 Å². The first-order valence-corrected chi connectivity index (χ1v) is 6.99. The number of hydrogen-bond donors (Lipinski definition) is 0. The van der Waals surface area contributed by atoms with Crippen molar-refractivity contribution in [2.75, 3.05) is 14.2 Å². The smallest absolute Gasteiger partial charge is 0.375 e. The molecule has 1 atom stereocenters. The van der Waals surface area contributed by atoms with Crippen molar-refractivity contribution in [2.24, 2.45) is 0 Å². The molecule has 0 aliphatic heterocycles. The number of aryl methyl sites for hydroxylation is 1. The predicted octanol–water partition coefficient (Wildman–Crippen LogP) is 3.04. The van der Waals surface area contributed by atoms with Crippen molar-refractivity contribution in [3.8, 4) is 0 Å². The summed E-state index contributed by atoms with van der Waals surface area (Å²) < 4.78 is 27.4. The van der Waals surface area contributed by atoms with E-state index in [1.807, 2.05) is 19.1 Å². The second-order valence-electron chi connectivity index (χ2n) is 3.72. The van der Waals surface area contributed by atoms with Gasteiger partial charge in [-0.25, -0.2) is 0 Å². The monoisotopic (exact) mass is 272 g/mol. The zero-order chi connectivity index (χ0) is 13.8. The first-order chi connectivity index (χ1) is 8.44. The van der Waals surface area contributed by atoms with Gasteiger partial charge in [0.25, 0.3) is 0 Å². The van der Waals surface area contributed by atoms with Crippen LogP contribution in [0.3, 0.4) is 0 Å². The molecule has 0 fully saturated rings. The number of ether oxygens (including phenoxy) is 1. The van der Waals surface area contributed by atoms with Crippen molar-refractivity contribution >= 4 is 13.6 Å². The molecule has 0 aliphatic carbocycles. The lowest BCUT2D eigenvalue weighted by Gasteiger charge is -2.25. The first-order valence-electron chi connectivity index (χ1n) is 5.38. The summed E-state index contributed by atoms with van der Waals surface area (Å²) in [5.74, 6) is -1.59. The third-order valence-electron chi connectivity index (χ3n) is 2.53. The Balaban J connectivity index is 3.26. The van der Waals surface area contributed by atoms with Crippen molar-refractivity contribution in [3.05, 3.63) is 35.4 Å². The van der Waals surface area contributed by atoms with E-state index in [4.69, 9.17) is 13.8 Å². The van der Waals surface area contributed by atoms with Gasteiger partial charge in [0.05, 0.1) is 0 Å². The standard InChI is InChI=1S/C12H17O5P/c1-9-7-5-6-8-11(9)12(17-10(2)13)18(14,15-3)16-4/h5-8,12H,1-4H3/t12-/m1/s1. The maximum atomic E-state index is 12.4. The molecule has 0 heterocycles. The minimum absolute atomic E-state index is 0.544. The molecule has 1 aromatic carbocycles. The average molecular weight is 272 g/mol. The molecule has 0 amide bonds. The molecule has 0 bridgehead atoms. The average Bonchev–Trinajstić information content (AvgIpc) is 2.36. The summed E-state index contributed by atoms with van der Waals surface area (Å²) in [6, 6.07) is 7.18. The second-order valence-corrected chi connectivity index (χ2v) is 6.00. The Labute approximate surface area is 107 Å². The number of esters is 1. The van der Waals surface area contributed by atoms with Gasteiger partial charge in [0.1, 0.15) is 0 Å². The Morgan fingerprint density at radius 2 is 1.78 bits per heavy atom. The van der Waals surface area contributed by atoms with E-state index in [9.17, 15) is 9.36 Å². The van der Waals surface area contributed by atoms with Crippen molar-refractivity contribution < 1.29 is 23.1 Å². The summed E-state index contributed by atoms with van der Waals surface area (Å²) in [5.41, 5.74) is 1.46. The first kappa shape index (κ1) is 14.9. The highest BCUT2D eigenvalue weighted by Gasteiger charge is 2.39. The Bertz CT molecular complexity index is 463. The highest BCUT2D eigenvalue weighted by Crippen LogP contribution is 2.60. The molecule has 5 nitrogen and oxygen atoms in total. The molecule has 0 aromatic heterocycles. The minimum atomic E-state index is -3.54. The Morgan fingerprint density at radius 1 is 1.22 bits per heavy atom. The van der Waals surface area contributed by atoms with Gasteiger partial charge in [-0.2, -0.15) is 0 Å². The maximum Gasteiger partial charge on any atom is 0.375 e. The van der Waals surface area contributed by atoms with E-state index in [0.29, 0.717) is 5.56 Å². The summed E-state index contributed by atoms with van der Waals surface area (Å²) in [4.78, 5) is 11.2. The summed E-state index contributed by atoms with van der Waals surface area (Å²) in [6.45, 7) is 3.09. The van der Waals surface area contributed by atoms with Gasteiger partial charge in [-0.3, -0.25) is 9.36 Å². The zero-order valence-electron chi connectivity index (χ0n) is 10.9. The second kappa shape index (κ2) is 6.14. The van der Waals surface area contributed by atoms with Crippen LogP contribution in [0, 0.1) is 6.92 Å². The Kier molecular flexibility index (Phi) is 5.08. The number of hydrogen-bond acceptors (Lipinski definition) is 5. The quantitative estimate of drug-likeness (QED) is 0.609. The van der Waals surface area contributed by atoms with E-state index in [1.54, 1.807) is 12.1 Å². The summed E-state index contributed by atoms with van der Waals surface area (Å²) in [7, 11) is -1.01. The van der Waals surface area contributed by atoms with Crippen LogP contribution in [-0.4, -0.2) is 20.2 Å². The molecule has 0 radical (unpaired) electrons. The van der Waals surface area contributed by atoms with E-state index in [-0.39, 0.29) is 0 Å². The minimum Gasteiger partial charge on any atom is -0.445 e. The molecule has 0 spiro atoms. The van der Waals surface area contributed by atoms with Crippen LogP contribution < -0.4 is 0 Å². The summed E-state index contributed by atoms with van der Waals surface area (Å²) >= 11 is 0. The van der Waals surface area contributed by atoms with Gasteiger partial charge in [-0.15, -0.1) is 0 Å². The highest BCUT2D eigenvalue weighted by atomic mass is 31.2. The maximum absolute atomic E-state index is 12.4. The summed E-state index contributed by atoms with van der Waals surface area (Å²) in [5, 5.41) is 0.